The maximum atomic E-state index is 11.4. The lowest BCUT2D eigenvalue weighted by atomic mass is 9.97. The van der Waals surface area contributed by atoms with E-state index in [-0.39, 0.29) is 11.5 Å². The third-order valence-corrected chi connectivity index (χ3v) is 3.51. The summed E-state index contributed by atoms with van der Waals surface area (Å²) in [7, 11) is 0. The Kier molecular flexibility index (Phi) is 4.82. The van der Waals surface area contributed by atoms with Gasteiger partial charge in [0.15, 0.2) is 0 Å². The minimum atomic E-state index is -0.240. The first-order valence-corrected chi connectivity index (χ1v) is 6.84. The number of ketones is 1. The number of hydrogen-bond donors (Lipinski definition) is 2. The van der Waals surface area contributed by atoms with Crippen molar-refractivity contribution < 1.29 is 4.79 Å². The molecule has 2 rings (SSSR count). The number of carbonyl (C=O) groups is 1. The summed E-state index contributed by atoms with van der Waals surface area (Å²) in [6.45, 7) is 5.66. The number of nitrogens with zero attached hydrogens (tertiary/aromatic N) is 1. The van der Waals surface area contributed by atoms with E-state index in [0.717, 1.165) is 25.1 Å². The normalized spacial score (nSPS) is 14.8. The predicted octanol–water partition coefficient (Wildman–Crippen LogP) is 1.84. The smallest absolute Gasteiger partial charge is 0.202 e. The van der Waals surface area contributed by atoms with Gasteiger partial charge in [0, 0.05) is 25.8 Å². The third-order valence-electron chi connectivity index (χ3n) is 3.37. The Morgan fingerprint density at radius 1 is 1.50 bits per heavy atom. The number of fused-ring (bicyclic) bond motifs is 1. The largest absolute Gasteiger partial charge is 0.394 e. The van der Waals surface area contributed by atoms with Crippen molar-refractivity contribution in [2.75, 3.05) is 6.54 Å². The van der Waals surface area contributed by atoms with E-state index in [1.165, 1.54) is 17.2 Å². The Balaban J connectivity index is 2.15. The standard InChI is InChI=1S/C15H18ClN3O/c1-2-15(20)14(17)10-19-6-5-12-4-3-11(8-18-16)7-13(12)9-19/h2-4,7,10,18H,1,5-6,8-9,17H2/b14-10-. The van der Waals surface area contributed by atoms with Gasteiger partial charge in [-0.2, -0.15) is 0 Å². The number of halogens is 1. The van der Waals surface area contributed by atoms with E-state index in [0.29, 0.717) is 6.54 Å². The van der Waals surface area contributed by atoms with E-state index in [9.17, 15) is 4.79 Å². The van der Waals surface area contributed by atoms with Crippen LogP contribution in [0.1, 0.15) is 16.7 Å². The Morgan fingerprint density at radius 2 is 2.30 bits per heavy atom. The van der Waals surface area contributed by atoms with Gasteiger partial charge in [0.05, 0.1) is 5.70 Å². The fraction of sp³-hybridized carbons (Fsp3) is 0.267. The van der Waals surface area contributed by atoms with Crippen molar-refractivity contribution in [1.29, 1.82) is 0 Å². The monoisotopic (exact) mass is 291 g/mol. The van der Waals surface area contributed by atoms with Gasteiger partial charge in [-0.05, 0) is 41.0 Å². The van der Waals surface area contributed by atoms with Crippen LogP contribution in [0.3, 0.4) is 0 Å². The van der Waals surface area contributed by atoms with Crippen molar-refractivity contribution in [2.24, 2.45) is 5.73 Å². The van der Waals surface area contributed by atoms with Crippen LogP contribution in [-0.2, 0) is 24.3 Å². The molecular weight excluding hydrogens is 274 g/mol. The number of nitrogens with one attached hydrogen (secondary N) is 1. The predicted molar refractivity (Wildman–Crippen MR) is 80.7 cm³/mol. The van der Waals surface area contributed by atoms with E-state index in [1.54, 1.807) is 6.20 Å². The molecule has 20 heavy (non-hydrogen) atoms. The molecule has 3 N–H and O–H groups in total. The quantitative estimate of drug-likeness (QED) is 0.642. The Hall–Kier alpha value is -1.78. The minimum Gasteiger partial charge on any atom is -0.394 e. The highest BCUT2D eigenvalue weighted by Gasteiger charge is 2.15. The lowest BCUT2D eigenvalue weighted by Crippen LogP contribution is -2.28. The zero-order chi connectivity index (χ0) is 14.5. The molecule has 0 fully saturated rings. The summed E-state index contributed by atoms with van der Waals surface area (Å²) in [5, 5.41) is 0. The van der Waals surface area contributed by atoms with E-state index in [1.807, 2.05) is 0 Å². The lowest BCUT2D eigenvalue weighted by Gasteiger charge is -2.28. The molecule has 1 aliphatic rings. The second kappa shape index (κ2) is 6.59. The number of rotatable bonds is 5. The van der Waals surface area contributed by atoms with Gasteiger partial charge >= 0.3 is 0 Å². The summed E-state index contributed by atoms with van der Waals surface area (Å²) in [6, 6.07) is 6.35. The molecule has 0 saturated heterocycles. The van der Waals surface area contributed by atoms with Gasteiger partial charge in [0.2, 0.25) is 5.78 Å². The molecule has 4 nitrogen and oxygen atoms in total. The van der Waals surface area contributed by atoms with Gasteiger partial charge in [-0.1, -0.05) is 24.8 Å². The summed E-state index contributed by atoms with van der Waals surface area (Å²) in [5.41, 5.74) is 9.67. The maximum absolute atomic E-state index is 11.4. The Bertz CT molecular complexity index is 554. The molecule has 1 aliphatic heterocycles. The lowest BCUT2D eigenvalue weighted by molar-refractivity contribution is -0.111. The van der Waals surface area contributed by atoms with Crippen molar-refractivity contribution in [3.8, 4) is 0 Å². The molecule has 0 radical (unpaired) electrons. The van der Waals surface area contributed by atoms with Gasteiger partial charge in [-0.3, -0.25) is 4.79 Å². The van der Waals surface area contributed by atoms with Crippen LogP contribution in [-0.4, -0.2) is 17.2 Å². The van der Waals surface area contributed by atoms with E-state index >= 15 is 0 Å². The number of hydrogen-bond acceptors (Lipinski definition) is 4. The molecule has 0 spiro atoms. The van der Waals surface area contributed by atoms with Crippen molar-refractivity contribution in [3.05, 3.63) is 59.4 Å². The fourth-order valence-electron chi connectivity index (χ4n) is 2.31. The van der Waals surface area contributed by atoms with Gasteiger partial charge in [-0.15, -0.1) is 0 Å². The molecule has 0 aliphatic carbocycles. The van der Waals surface area contributed by atoms with Crippen LogP contribution in [0.15, 0.2) is 42.8 Å². The van der Waals surface area contributed by atoms with Crippen LogP contribution < -0.4 is 10.6 Å². The molecule has 5 heteroatoms. The van der Waals surface area contributed by atoms with Gasteiger partial charge in [-0.25, -0.2) is 4.84 Å². The number of allylic oxidation sites excluding steroid dienone is 1. The van der Waals surface area contributed by atoms with Crippen LogP contribution in [0.2, 0.25) is 0 Å². The van der Waals surface area contributed by atoms with Crippen molar-refractivity contribution in [3.63, 3.8) is 0 Å². The molecule has 106 valence electrons. The van der Waals surface area contributed by atoms with Crippen LogP contribution >= 0.6 is 11.8 Å². The molecule has 1 heterocycles. The van der Waals surface area contributed by atoms with Crippen LogP contribution in [0.5, 0.6) is 0 Å². The second-order valence-electron chi connectivity index (χ2n) is 4.79. The van der Waals surface area contributed by atoms with Crippen molar-refractivity contribution >= 4 is 17.6 Å². The molecule has 0 atom stereocenters. The minimum absolute atomic E-state index is 0.224. The fourth-order valence-corrected chi connectivity index (χ4v) is 2.46. The zero-order valence-electron chi connectivity index (χ0n) is 11.2. The maximum Gasteiger partial charge on any atom is 0.202 e. The Morgan fingerprint density at radius 3 is 3.00 bits per heavy atom. The number of benzene rings is 1. The third kappa shape index (κ3) is 3.40. The molecule has 0 saturated carbocycles. The topological polar surface area (TPSA) is 58.4 Å². The average molecular weight is 292 g/mol. The van der Waals surface area contributed by atoms with Gasteiger partial charge in [0.1, 0.15) is 0 Å². The highest BCUT2D eigenvalue weighted by atomic mass is 35.5. The number of nitrogens with two attached hydrogens (primary N) is 1. The van der Waals surface area contributed by atoms with E-state index < -0.39 is 0 Å². The average Bonchev–Trinajstić information content (AvgIpc) is 2.46. The van der Waals surface area contributed by atoms with Crippen LogP contribution in [0.4, 0.5) is 0 Å². The molecule has 0 bridgehead atoms. The van der Waals surface area contributed by atoms with Crippen LogP contribution in [0.25, 0.3) is 0 Å². The summed E-state index contributed by atoms with van der Waals surface area (Å²) < 4.78 is 0. The molecule has 0 unspecified atom stereocenters. The second-order valence-corrected chi connectivity index (χ2v) is 5.05. The zero-order valence-corrected chi connectivity index (χ0v) is 12.0. The summed E-state index contributed by atoms with van der Waals surface area (Å²) in [5.74, 6) is -0.240. The molecule has 0 aromatic heterocycles. The molecular formula is C15H18ClN3O. The SMILES string of the molecule is C=CC(=O)/C(N)=C/N1CCc2ccc(CNCl)cc2C1. The first kappa shape index (κ1) is 14.6. The highest BCUT2D eigenvalue weighted by Crippen LogP contribution is 2.21. The van der Waals surface area contributed by atoms with E-state index in [4.69, 9.17) is 17.5 Å². The summed E-state index contributed by atoms with van der Waals surface area (Å²) in [4.78, 5) is 16.1. The first-order chi connectivity index (χ1) is 9.63. The highest BCUT2D eigenvalue weighted by molar-refractivity contribution is 6.13. The molecule has 0 amide bonds. The van der Waals surface area contributed by atoms with Crippen molar-refractivity contribution in [2.45, 2.75) is 19.5 Å². The van der Waals surface area contributed by atoms with E-state index in [2.05, 4.69) is 34.5 Å². The van der Waals surface area contributed by atoms with Crippen molar-refractivity contribution in [1.82, 2.24) is 9.74 Å². The molecule has 1 aromatic rings. The van der Waals surface area contributed by atoms with Gasteiger partial charge < -0.3 is 10.6 Å². The first-order valence-electron chi connectivity index (χ1n) is 6.46. The number of carbonyl (C=O) groups excluding carboxylic acids is 1. The summed E-state index contributed by atoms with van der Waals surface area (Å²) in [6.07, 6.45) is 3.88. The Labute approximate surface area is 124 Å². The van der Waals surface area contributed by atoms with Crippen LogP contribution in [0, 0.1) is 0 Å². The summed E-state index contributed by atoms with van der Waals surface area (Å²) >= 11 is 5.53. The molecule has 1 aromatic carbocycles. The van der Waals surface area contributed by atoms with Gasteiger partial charge in [0.25, 0.3) is 0 Å².